The Kier molecular flexibility index (Phi) is 9.68. The fourth-order valence-corrected chi connectivity index (χ4v) is 3.14. The van der Waals surface area contributed by atoms with E-state index in [0.29, 0.717) is 6.42 Å². The number of ether oxygens (including phenoxy) is 1. The van der Waals surface area contributed by atoms with Gasteiger partial charge in [-0.05, 0) is 36.6 Å². The van der Waals surface area contributed by atoms with Gasteiger partial charge in [0.15, 0.2) is 0 Å². The summed E-state index contributed by atoms with van der Waals surface area (Å²) in [5.74, 6) is 0.0479. The van der Waals surface area contributed by atoms with Gasteiger partial charge in [-0.25, -0.2) is 0 Å². The second kappa shape index (κ2) is 10.9. The first kappa shape index (κ1) is 23.0. The molecule has 0 fully saturated rings. The van der Waals surface area contributed by atoms with Crippen LogP contribution >= 0.6 is 0 Å². The van der Waals surface area contributed by atoms with Crippen LogP contribution in [0.2, 0.25) is 0 Å². The zero-order valence-corrected chi connectivity index (χ0v) is 18.1. The maximum Gasteiger partial charge on any atom is 1.00 e. The van der Waals surface area contributed by atoms with Crippen LogP contribution in [0.25, 0.3) is 0 Å². The number of hydrogen-bond donors (Lipinski definition) is 1. The molecule has 0 spiro atoms. The van der Waals surface area contributed by atoms with E-state index >= 15 is 0 Å². The SMILES string of the molecule is CCCCCCCc1cc(Oc2ccccc2[O-])cc(S(=O)(=O)O)c1.[Na+]. The van der Waals surface area contributed by atoms with E-state index in [1.807, 2.05) is 0 Å². The predicted molar refractivity (Wildman–Crippen MR) is 94.7 cm³/mol. The van der Waals surface area contributed by atoms with Gasteiger partial charge in [0.1, 0.15) is 11.5 Å². The number of unbranched alkanes of at least 4 members (excludes halogenated alkanes) is 4. The van der Waals surface area contributed by atoms with Crippen LogP contribution in [-0.4, -0.2) is 13.0 Å². The van der Waals surface area contributed by atoms with Crippen molar-refractivity contribution in [1.82, 2.24) is 0 Å². The fourth-order valence-electron chi connectivity index (χ4n) is 2.58. The summed E-state index contributed by atoms with van der Waals surface area (Å²) in [5.41, 5.74) is 0.755. The Morgan fingerprint density at radius 1 is 1.04 bits per heavy atom. The summed E-state index contributed by atoms with van der Waals surface area (Å²) < 4.78 is 37.9. The van der Waals surface area contributed by atoms with E-state index in [4.69, 9.17) is 4.74 Å². The molecule has 0 saturated carbocycles. The van der Waals surface area contributed by atoms with Crippen LogP contribution in [0.5, 0.6) is 17.2 Å². The van der Waals surface area contributed by atoms with Gasteiger partial charge in [0, 0.05) is 6.07 Å². The van der Waals surface area contributed by atoms with Crippen molar-refractivity contribution >= 4 is 10.1 Å². The third-order valence-electron chi connectivity index (χ3n) is 3.88. The van der Waals surface area contributed by atoms with Gasteiger partial charge in [-0.3, -0.25) is 4.55 Å². The van der Waals surface area contributed by atoms with Crippen molar-refractivity contribution in [3.63, 3.8) is 0 Å². The molecule has 7 heteroatoms. The van der Waals surface area contributed by atoms with Crippen molar-refractivity contribution < 1.29 is 52.4 Å². The molecule has 0 radical (unpaired) electrons. The van der Waals surface area contributed by atoms with Crippen molar-refractivity contribution in [1.29, 1.82) is 0 Å². The average Bonchev–Trinajstić information content (AvgIpc) is 2.56. The number of rotatable bonds is 9. The normalized spacial score (nSPS) is 11.0. The van der Waals surface area contributed by atoms with E-state index in [1.54, 1.807) is 18.2 Å². The van der Waals surface area contributed by atoms with Gasteiger partial charge in [-0.15, -0.1) is 0 Å². The Bertz CT molecular complexity index is 805. The molecule has 2 aromatic carbocycles. The molecule has 0 aliphatic heterocycles. The van der Waals surface area contributed by atoms with Gasteiger partial charge in [0.25, 0.3) is 10.1 Å². The number of hydrogen-bond acceptors (Lipinski definition) is 4. The number of benzene rings is 2. The first-order chi connectivity index (χ1) is 11.9. The van der Waals surface area contributed by atoms with Crippen LogP contribution in [0.1, 0.15) is 44.6 Å². The van der Waals surface area contributed by atoms with E-state index < -0.39 is 10.1 Å². The van der Waals surface area contributed by atoms with Crippen molar-refractivity contribution in [2.75, 3.05) is 0 Å². The standard InChI is InChI=1S/C19H24O5S.Na/c1-2-3-4-5-6-9-15-12-16(14-17(13-15)25(21,22)23)24-19-11-8-7-10-18(19)20;/h7-8,10-14,20H,2-6,9H2,1H3,(H,21,22,23);/q;+1/p-1. The third kappa shape index (κ3) is 7.29. The molecule has 5 nitrogen and oxygen atoms in total. The van der Waals surface area contributed by atoms with Crippen molar-refractivity contribution in [2.24, 2.45) is 0 Å². The second-order valence-electron chi connectivity index (χ2n) is 6.00. The summed E-state index contributed by atoms with van der Waals surface area (Å²) >= 11 is 0. The molecule has 0 aromatic heterocycles. The molecule has 2 aromatic rings. The summed E-state index contributed by atoms with van der Waals surface area (Å²) in [4.78, 5) is -0.225. The van der Waals surface area contributed by atoms with Gasteiger partial charge in [0.05, 0.1) is 4.90 Å². The van der Waals surface area contributed by atoms with Crippen LogP contribution in [0, 0.1) is 0 Å². The first-order valence-electron chi connectivity index (χ1n) is 8.45. The van der Waals surface area contributed by atoms with Gasteiger partial charge in [-0.2, -0.15) is 8.42 Å². The van der Waals surface area contributed by atoms with E-state index in [0.717, 1.165) is 31.2 Å². The minimum atomic E-state index is -4.35. The molecule has 0 atom stereocenters. The van der Waals surface area contributed by atoms with Crippen molar-refractivity contribution in [2.45, 2.75) is 50.3 Å². The largest absolute Gasteiger partial charge is 1.00 e. The summed E-state index contributed by atoms with van der Waals surface area (Å²) in [5, 5.41) is 11.8. The van der Waals surface area contributed by atoms with E-state index in [1.165, 1.54) is 30.7 Å². The molecule has 0 unspecified atom stereocenters. The Hall–Kier alpha value is -1.05. The van der Waals surface area contributed by atoms with Gasteiger partial charge < -0.3 is 9.84 Å². The molecular weight excluding hydrogens is 363 g/mol. The predicted octanol–water partition coefficient (Wildman–Crippen LogP) is 1.32. The van der Waals surface area contributed by atoms with Crippen LogP contribution < -0.4 is 39.4 Å². The topological polar surface area (TPSA) is 86.7 Å². The maximum absolute atomic E-state index is 11.8. The fraction of sp³-hybridized carbons (Fsp3) is 0.368. The molecule has 0 aliphatic rings. The Labute approximate surface area is 177 Å². The van der Waals surface area contributed by atoms with Gasteiger partial charge in [-0.1, -0.05) is 56.6 Å². The van der Waals surface area contributed by atoms with Crippen molar-refractivity contribution in [3.8, 4) is 17.2 Å². The number of para-hydroxylation sites is 2. The summed E-state index contributed by atoms with van der Waals surface area (Å²) in [7, 11) is -4.35. The minimum absolute atomic E-state index is 0. The summed E-state index contributed by atoms with van der Waals surface area (Å²) in [6.45, 7) is 2.15. The second-order valence-corrected chi connectivity index (χ2v) is 7.42. The molecule has 136 valence electrons. The molecule has 0 amide bonds. The summed E-state index contributed by atoms with van der Waals surface area (Å²) in [6.07, 6.45) is 6.14. The molecule has 0 aliphatic carbocycles. The Balaban J connectivity index is 0.00000338. The van der Waals surface area contributed by atoms with Crippen LogP contribution in [-0.2, 0) is 16.5 Å². The quantitative estimate of drug-likeness (QED) is 0.399. The van der Waals surface area contributed by atoms with Gasteiger partial charge >= 0.3 is 29.6 Å². The molecule has 1 N–H and O–H groups in total. The summed E-state index contributed by atoms with van der Waals surface area (Å²) in [6, 6.07) is 10.5. The maximum atomic E-state index is 11.8. The molecule has 26 heavy (non-hydrogen) atoms. The monoisotopic (exact) mass is 386 g/mol. The van der Waals surface area contributed by atoms with Gasteiger partial charge in [0.2, 0.25) is 0 Å². The molecule has 0 heterocycles. The van der Waals surface area contributed by atoms with E-state index in [2.05, 4.69) is 6.92 Å². The average molecular weight is 386 g/mol. The smallest absolute Gasteiger partial charge is 0.870 e. The third-order valence-corrected chi connectivity index (χ3v) is 4.72. The number of aryl methyl sites for hydroxylation is 1. The van der Waals surface area contributed by atoms with E-state index in [-0.39, 0.29) is 51.7 Å². The zero-order valence-electron chi connectivity index (χ0n) is 15.3. The Morgan fingerprint density at radius 3 is 2.38 bits per heavy atom. The van der Waals surface area contributed by atoms with E-state index in [9.17, 15) is 18.1 Å². The zero-order chi connectivity index (χ0) is 18.3. The molecule has 2 rings (SSSR count). The molecule has 0 saturated heterocycles. The first-order valence-corrected chi connectivity index (χ1v) is 9.89. The minimum Gasteiger partial charge on any atom is -0.870 e. The van der Waals surface area contributed by atoms with Crippen LogP contribution in [0.15, 0.2) is 47.4 Å². The molecule has 0 bridgehead atoms. The van der Waals surface area contributed by atoms with Crippen LogP contribution in [0.3, 0.4) is 0 Å². The Morgan fingerprint density at radius 2 is 1.73 bits per heavy atom. The van der Waals surface area contributed by atoms with Crippen molar-refractivity contribution in [3.05, 3.63) is 48.0 Å². The molecular formula is C19H23NaO5S. The van der Waals surface area contributed by atoms with Crippen LogP contribution in [0.4, 0.5) is 0 Å².